The van der Waals surface area contributed by atoms with Gasteiger partial charge in [-0.05, 0) is 42.8 Å². The molecule has 0 radical (unpaired) electrons. The highest BCUT2D eigenvalue weighted by Gasteiger charge is 2.45. The zero-order valence-corrected chi connectivity index (χ0v) is 18.0. The molecule has 0 aliphatic carbocycles. The van der Waals surface area contributed by atoms with E-state index >= 15 is 0 Å². The molecular formula is C25H29N3OP+. The SMILES string of the molecule is NC(N)=NCCCC(=O)CC[P+](c1ccccc1)(c1ccccc1)c1ccccc1. The Morgan fingerprint density at radius 1 is 0.700 bits per heavy atom. The Hall–Kier alpha value is -2.97. The number of rotatable bonds is 10. The number of benzene rings is 3. The summed E-state index contributed by atoms with van der Waals surface area (Å²) < 4.78 is 0. The van der Waals surface area contributed by atoms with Gasteiger partial charge in [-0.1, -0.05) is 54.6 Å². The van der Waals surface area contributed by atoms with Crippen LogP contribution in [0.5, 0.6) is 0 Å². The summed E-state index contributed by atoms with van der Waals surface area (Å²) in [4.78, 5) is 16.7. The molecule has 0 amide bonds. The Bertz CT molecular complexity index is 859. The molecule has 4 N–H and O–H groups in total. The number of nitrogens with two attached hydrogens (primary N) is 2. The second-order valence-electron chi connectivity index (χ2n) is 7.24. The lowest BCUT2D eigenvalue weighted by molar-refractivity contribution is -0.118. The van der Waals surface area contributed by atoms with Crippen LogP contribution in [0.2, 0.25) is 0 Å². The zero-order valence-electron chi connectivity index (χ0n) is 17.2. The number of aliphatic imine (C=N–C) groups is 1. The Morgan fingerprint density at radius 2 is 1.13 bits per heavy atom. The van der Waals surface area contributed by atoms with Gasteiger partial charge in [0.2, 0.25) is 0 Å². The monoisotopic (exact) mass is 418 g/mol. The van der Waals surface area contributed by atoms with E-state index in [-0.39, 0.29) is 11.7 Å². The van der Waals surface area contributed by atoms with Crippen molar-refractivity contribution in [3.63, 3.8) is 0 Å². The molecule has 0 saturated carbocycles. The molecule has 0 aliphatic rings. The second-order valence-corrected chi connectivity index (χ2v) is 10.9. The van der Waals surface area contributed by atoms with Crippen molar-refractivity contribution in [2.45, 2.75) is 19.3 Å². The van der Waals surface area contributed by atoms with Crippen LogP contribution in [0, 0.1) is 0 Å². The molecule has 3 rings (SSSR count). The maximum absolute atomic E-state index is 12.7. The average Bonchev–Trinajstić information content (AvgIpc) is 2.79. The number of nitrogens with zero attached hydrogens (tertiary/aromatic N) is 1. The van der Waals surface area contributed by atoms with Gasteiger partial charge in [-0.2, -0.15) is 0 Å². The van der Waals surface area contributed by atoms with E-state index in [1.807, 2.05) is 18.2 Å². The standard InChI is InChI=1S/C25H29N3OP/c26-25(27)28-19-10-11-21(29)18-20-30(22-12-4-1-5-13-22,23-14-6-2-7-15-23)24-16-8-3-9-17-24/h1-9,12-17H,10-11,18-20H2,(H4,26,27,28)/q+1. The molecule has 0 bridgehead atoms. The lowest BCUT2D eigenvalue weighted by Gasteiger charge is -2.27. The fraction of sp³-hybridized carbons (Fsp3) is 0.200. The van der Waals surface area contributed by atoms with Gasteiger partial charge in [-0.25, -0.2) is 0 Å². The van der Waals surface area contributed by atoms with Gasteiger partial charge in [0.05, 0.1) is 6.16 Å². The van der Waals surface area contributed by atoms with E-state index in [2.05, 4.69) is 77.8 Å². The first-order valence-electron chi connectivity index (χ1n) is 10.2. The van der Waals surface area contributed by atoms with Crippen molar-refractivity contribution in [2.24, 2.45) is 16.5 Å². The minimum atomic E-state index is -1.95. The number of carbonyl (C=O) groups excluding carboxylic acids is 1. The lowest BCUT2D eigenvalue weighted by atomic mass is 10.2. The second kappa shape index (κ2) is 10.7. The Kier molecular flexibility index (Phi) is 7.75. The molecule has 5 heteroatoms. The summed E-state index contributed by atoms with van der Waals surface area (Å²) in [5.74, 6) is 0.331. The summed E-state index contributed by atoms with van der Waals surface area (Å²) >= 11 is 0. The van der Waals surface area contributed by atoms with Crippen molar-refractivity contribution >= 4 is 34.9 Å². The number of carbonyl (C=O) groups is 1. The van der Waals surface area contributed by atoms with Gasteiger partial charge in [0, 0.05) is 19.4 Å². The Morgan fingerprint density at radius 3 is 1.53 bits per heavy atom. The van der Waals surface area contributed by atoms with Crippen LogP contribution < -0.4 is 27.4 Å². The van der Waals surface area contributed by atoms with E-state index in [0.717, 1.165) is 6.16 Å². The van der Waals surface area contributed by atoms with E-state index in [4.69, 9.17) is 11.5 Å². The molecule has 3 aromatic rings. The number of guanidine groups is 1. The lowest BCUT2D eigenvalue weighted by Crippen LogP contribution is -2.34. The summed E-state index contributed by atoms with van der Waals surface area (Å²) in [6, 6.07) is 31.9. The minimum Gasteiger partial charge on any atom is -0.370 e. The molecule has 0 heterocycles. The largest absolute Gasteiger partial charge is 0.370 e. The summed E-state index contributed by atoms with van der Waals surface area (Å²) in [7, 11) is -1.95. The van der Waals surface area contributed by atoms with Crippen molar-refractivity contribution in [3.05, 3.63) is 91.0 Å². The highest BCUT2D eigenvalue weighted by atomic mass is 31.2. The Labute approximate surface area is 179 Å². The molecule has 0 atom stereocenters. The number of hydrogen-bond donors (Lipinski definition) is 2. The van der Waals surface area contributed by atoms with Crippen molar-refractivity contribution in [3.8, 4) is 0 Å². The highest BCUT2D eigenvalue weighted by Crippen LogP contribution is 2.55. The number of Topliss-reactive ketones (excluding diaryl/α,β-unsaturated/α-hetero) is 1. The number of ketones is 1. The maximum atomic E-state index is 12.7. The first kappa shape index (κ1) is 21.7. The molecule has 154 valence electrons. The first-order chi connectivity index (χ1) is 14.6. The highest BCUT2D eigenvalue weighted by molar-refractivity contribution is 7.95. The summed E-state index contributed by atoms with van der Waals surface area (Å²) in [5, 5.41) is 3.90. The van der Waals surface area contributed by atoms with E-state index in [9.17, 15) is 4.79 Å². The molecular weight excluding hydrogens is 389 g/mol. The Balaban J connectivity index is 1.93. The zero-order chi connectivity index (χ0) is 21.2. The van der Waals surface area contributed by atoms with Crippen molar-refractivity contribution in [1.82, 2.24) is 0 Å². The summed E-state index contributed by atoms with van der Waals surface area (Å²) in [5.41, 5.74) is 10.7. The third-order valence-electron chi connectivity index (χ3n) is 5.23. The van der Waals surface area contributed by atoms with Crippen LogP contribution in [-0.4, -0.2) is 24.4 Å². The summed E-state index contributed by atoms with van der Waals surface area (Å²) in [6.45, 7) is 0.490. The molecule has 0 spiro atoms. The topological polar surface area (TPSA) is 81.5 Å². The van der Waals surface area contributed by atoms with Crippen LogP contribution in [0.4, 0.5) is 0 Å². The molecule has 0 fully saturated rings. The molecule has 3 aromatic carbocycles. The number of hydrogen-bond acceptors (Lipinski definition) is 2. The van der Waals surface area contributed by atoms with E-state index < -0.39 is 7.26 Å². The van der Waals surface area contributed by atoms with E-state index in [0.29, 0.717) is 25.8 Å². The van der Waals surface area contributed by atoms with Crippen molar-refractivity contribution < 1.29 is 4.79 Å². The van der Waals surface area contributed by atoms with Crippen LogP contribution in [0.25, 0.3) is 0 Å². The van der Waals surface area contributed by atoms with Gasteiger partial charge >= 0.3 is 0 Å². The maximum Gasteiger partial charge on any atom is 0.185 e. The third kappa shape index (κ3) is 5.34. The van der Waals surface area contributed by atoms with Gasteiger partial charge in [-0.15, -0.1) is 0 Å². The van der Waals surface area contributed by atoms with Gasteiger partial charge in [0.1, 0.15) is 29.0 Å². The quantitative estimate of drug-likeness (QED) is 0.230. The first-order valence-corrected chi connectivity index (χ1v) is 12.2. The molecule has 30 heavy (non-hydrogen) atoms. The van der Waals surface area contributed by atoms with Gasteiger partial charge < -0.3 is 11.5 Å². The minimum absolute atomic E-state index is 0.0737. The van der Waals surface area contributed by atoms with Crippen LogP contribution in [-0.2, 0) is 4.79 Å². The third-order valence-corrected chi connectivity index (χ3v) is 9.66. The van der Waals surface area contributed by atoms with Crippen molar-refractivity contribution in [1.29, 1.82) is 0 Å². The van der Waals surface area contributed by atoms with Crippen LogP contribution in [0.3, 0.4) is 0 Å². The average molecular weight is 419 g/mol. The normalized spacial score (nSPS) is 11.1. The fourth-order valence-corrected chi connectivity index (χ4v) is 8.08. The predicted molar refractivity (Wildman–Crippen MR) is 130 cm³/mol. The van der Waals surface area contributed by atoms with E-state index in [1.165, 1.54) is 15.9 Å². The smallest absolute Gasteiger partial charge is 0.185 e. The van der Waals surface area contributed by atoms with E-state index in [1.54, 1.807) is 0 Å². The molecule has 0 unspecified atom stereocenters. The van der Waals surface area contributed by atoms with Crippen LogP contribution in [0.15, 0.2) is 96.0 Å². The van der Waals surface area contributed by atoms with Gasteiger partial charge in [0.15, 0.2) is 5.96 Å². The van der Waals surface area contributed by atoms with Gasteiger partial charge in [-0.3, -0.25) is 9.79 Å². The van der Waals surface area contributed by atoms with Crippen LogP contribution in [0.1, 0.15) is 19.3 Å². The predicted octanol–water partition coefficient (Wildman–Crippen LogP) is 2.99. The molecule has 4 nitrogen and oxygen atoms in total. The van der Waals surface area contributed by atoms with Crippen molar-refractivity contribution in [2.75, 3.05) is 12.7 Å². The fourth-order valence-electron chi connectivity index (χ4n) is 3.78. The summed E-state index contributed by atoms with van der Waals surface area (Å²) in [6.07, 6.45) is 2.51. The molecule has 0 aliphatic heterocycles. The molecule has 0 saturated heterocycles. The van der Waals surface area contributed by atoms with Crippen LogP contribution >= 0.6 is 7.26 Å². The van der Waals surface area contributed by atoms with Gasteiger partial charge in [0.25, 0.3) is 0 Å². The molecule has 0 aromatic heterocycles.